The Morgan fingerprint density at radius 3 is 2.80 bits per heavy atom. The van der Waals surface area contributed by atoms with Crippen LogP contribution >= 0.6 is 11.6 Å². The molecule has 20 heavy (non-hydrogen) atoms. The van der Waals surface area contributed by atoms with Crippen LogP contribution in [0.2, 0.25) is 0 Å². The standard InChI is InChI=1S/C14H18ClNO4/c1-11(17)16-13(9-19-10-18-2)12-5-3-4-6-14(12)20-8-7-15/h3-6,9H,7-8,10H2,1-2H3,(H,16,17)/b13-9+. The van der Waals surface area contributed by atoms with E-state index in [1.54, 1.807) is 6.07 Å². The Morgan fingerprint density at radius 1 is 1.40 bits per heavy atom. The molecule has 6 heteroatoms. The van der Waals surface area contributed by atoms with Gasteiger partial charge in [-0.3, -0.25) is 4.79 Å². The van der Waals surface area contributed by atoms with Crippen molar-refractivity contribution in [2.24, 2.45) is 0 Å². The number of nitrogens with one attached hydrogen (secondary N) is 1. The first-order chi connectivity index (χ1) is 9.69. The van der Waals surface area contributed by atoms with E-state index < -0.39 is 0 Å². The molecule has 110 valence electrons. The molecule has 1 amide bonds. The van der Waals surface area contributed by atoms with Crippen molar-refractivity contribution in [3.63, 3.8) is 0 Å². The predicted molar refractivity (Wildman–Crippen MR) is 77.4 cm³/mol. The summed E-state index contributed by atoms with van der Waals surface area (Å²) >= 11 is 5.62. The zero-order valence-corrected chi connectivity index (χ0v) is 12.3. The Morgan fingerprint density at radius 2 is 2.15 bits per heavy atom. The number of carbonyl (C=O) groups excluding carboxylic acids is 1. The summed E-state index contributed by atoms with van der Waals surface area (Å²) in [6.07, 6.45) is 1.42. The van der Waals surface area contributed by atoms with Crippen LogP contribution in [-0.4, -0.2) is 32.3 Å². The molecular formula is C14H18ClNO4. The zero-order valence-electron chi connectivity index (χ0n) is 11.5. The highest BCUT2D eigenvalue weighted by molar-refractivity contribution is 6.18. The van der Waals surface area contributed by atoms with E-state index in [9.17, 15) is 4.79 Å². The van der Waals surface area contributed by atoms with Gasteiger partial charge in [-0.2, -0.15) is 0 Å². The highest BCUT2D eigenvalue weighted by Gasteiger charge is 2.10. The molecule has 0 aliphatic carbocycles. The zero-order chi connectivity index (χ0) is 14.8. The summed E-state index contributed by atoms with van der Waals surface area (Å²) in [6, 6.07) is 7.30. The molecule has 0 aliphatic rings. The fourth-order valence-corrected chi connectivity index (χ4v) is 1.58. The lowest BCUT2D eigenvalue weighted by atomic mass is 10.1. The van der Waals surface area contributed by atoms with Crippen LogP contribution in [0.25, 0.3) is 5.70 Å². The molecule has 0 aromatic heterocycles. The van der Waals surface area contributed by atoms with Gasteiger partial charge in [0.2, 0.25) is 5.91 Å². The van der Waals surface area contributed by atoms with E-state index in [1.165, 1.54) is 20.3 Å². The highest BCUT2D eigenvalue weighted by atomic mass is 35.5. The van der Waals surface area contributed by atoms with Gasteiger partial charge >= 0.3 is 0 Å². The number of hydrogen-bond donors (Lipinski definition) is 1. The van der Waals surface area contributed by atoms with Crippen LogP contribution in [0.15, 0.2) is 30.5 Å². The average molecular weight is 300 g/mol. The van der Waals surface area contributed by atoms with Gasteiger partial charge in [0.05, 0.1) is 11.6 Å². The van der Waals surface area contributed by atoms with E-state index in [-0.39, 0.29) is 12.7 Å². The first kappa shape index (κ1) is 16.3. The first-order valence-electron chi connectivity index (χ1n) is 6.05. The molecule has 0 unspecified atom stereocenters. The molecule has 0 aliphatic heterocycles. The van der Waals surface area contributed by atoms with Crippen molar-refractivity contribution < 1.29 is 19.0 Å². The Kier molecular flexibility index (Phi) is 7.54. The van der Waals surface area contributed by atoms with E-state index in [0.29, 0.717) is 29.5 Å². The van der Waals surface area contributed by atoms with Crippen molar-refractivity contribution in [1.82, 2.24) is 5.32 Å². The maximum absolute atomic E-state index is 11.3. The van der Waals surface area contributed by atoms with Crippen molar-refractivity contribution in [2.75, 3.05) is 26.4 Å². The summed E-state index contributed by atoms with van der Waals surface area (Å²) in [7, 11) is 1.52. The second-order valence-electron chi connectivity index (χ2n) is 3.82. The van der Waals surface area contributed by atoms with E-state index in [4.69, 9.17) is 25.8 Å². The van der Waals surface area contributed by atoms with Crippen molar-refractivity contribution in [1.29, 1.82) is 0 Å². The minimum atomic E-state index is -0.204. The molecule has 5 nitrogen and oxygen atoms in total. The topological polar surface area (TPSA) is 56.8 Å². The van der Waals surface area contributed by atoms with Crippen molar-refractivity contribution in [3.05, 3.63) is 36.1 Å². The van der Waals surface area contributed by atoms with Gasteiger partial charge in [0.25, 0.3) is 0 Å². The van der Waals surface area contributed by atoms with E-state index in [2.05, 4.69) is 5.32 Å². The van der Waals surface area contributed by atoms with E-state index in [1.807, 2.05) is 18.2 Å². The van der Waals surface area contributed by atoms with Gasteiger partial charge < -0.3 is 19.5 Å². The molecule has 0 bridgehead atoms. The molecular weight excluding hydrogens is 282 g/mol. The number of ether oxygens (including phenoxy) is 3. The Bertz CT molecular complexity index is 462. The van der Waals surface area contributed by atoms with Gasteiger partial charge in [0.1, 0.15) is 18.6 Å². The predicted octanol–water partition coefficient (Wildman–Crippen LogP) is 2.36. The van der Waals surface area contributed by atoms with Crippen LogP contribution in [0, 0.1) is 0 Å². The monoisotopic (exact) mass is 299 g/mol. The van der Waals surface area contributed by atoms with Crippen molar-refractivity contribution in [3.8, 4) is 5.75 Å². The summed E-state index contributed by atoms with van der Waals surface area (Å²) in [5, 5.41) is 2.70. The highest BCUT2D eigenvalue weighted by Crippen LogP contribution is 2.24. The minimum absolute atomic E-state index is 0.0911. The largest absolute Gasteiger partial charge is 0.492 e. The smallest absolute Gasteiger partial charge is 0.221 e. The van der Waals surface area contributed by atoms with E-state index >= 15 is 0 Å². The summed E-state index contributed by atoms with van der Waals surface area (Å²) in [5.41, 5.74) is 1.21. The first-order valence-corrected chi connectivity index (χ1v) is 6.59. The van der Waals surface area contributed by atoms with Gasteiger partial charge in [0.15, 0.2) is 6.79 Å². The summed E-state index contributed by atoms with van der Waals surface area (Å²) in [5.74, 6) is 0.798. The van der Waals surface area contributed by atoms with Gasteiger partial charge in [0, 0.05) is 19.6 Å². The fourth-order valence-electron chi connectivity index (χ4n) is 1.50. The lowest BCUT2D eigenvalue weighted by Crippen LogP contribution is -2.19. The Hall–Kier alpha value is -1.72. The number of hydrogen-bond acceptors (Lipinski definition) is 4. The number of carbonyl (C=O) groups is 1. The number of alkyl halides is 1. The number of benzene rings is 1. The normalized spacial score (nSPS) is 11.1. The molecule has 1 aromatic rings. The number of halogens is 1. The lowest BCUT2D eigenvalue weighted by molar-refractivity contribution is -0.117. The third-order valence-corrected chi connectivity index (χ3v) is 2.36. The minimum Gasteiger partial charge on any atom is -0.492 e. The fraction of sp³-hybridized carbons (Fsp3) is 0.357. The molecule has 0 saturated carbocycles. The number of methoxy groups -OCH3 is 1. The number of rotatable bonds is 8. The maximum atomic E-state index is 11.3. The average Bonchev–Trinajstić information content (AvgIpc) is 2.44. The molecule has 0 fully saturated rings. The van der Waals surface area contributed by atoms with Crippen LogP contribution in [-0.2, 0) is 14.3 Å². The Labute approximate surface area is 123 Å². The Balaban J connectivity index is 2.99. The third kappa shape index (κ3) is 5.50. The molecule has 1 aromatic carbocycles. The van der Waals surface area contributed by atoms with Crippen LogP contribution in [0.4, 0.5) is 0 Å². The molecule has 0 radical (unpaired) electrons. The molecule has 0 atom stereocenters. The van der Waals surface area contributed by atoms with Crippen LogP contribution < -0.4 is 10.1 Å². The maximum Gasteiger partial charge on any atom is 0.221 e. The SMILES string of the molecule is COCO/C=C(/NC(C)=O)c1ccccc1OCCCl. The second-order valence-corrected chi connectivity index (χ2v) is 4.20. The van der Waals surface area contributed by atoms with E-state index in [0.717, 1.165) is 0 Å². The summed E-state index contributed by atoms with van der Waals surface area (Å²) in [4.78, 5) is 11.3. The quantitative estimate of drug-likeness (QED) is 0.346. The lowest BCUT2D eigenvalue weighted by Gasteiger charge is -2.14. The van der Waals surface area contributed by atoms with Gasteiger partial charge in [-0.05, 0) is 12.1 Å². The molecule has 0 spiro atoms. The molecule has 1 rings (SSSR count). The summed E-state index contributed by atoms with van der Waals surface area (Å²) in [6.45, 7) is 1.89. The summed E-state index contributed by atoms with van der Waals surface area (Å²) < 4.78 is 15.5. The number of amides is 1. The van der Waals surface area contributed by atoms with Crippen molar-refractivity contribution >= 4 is 23.2 Å². The van der Waals surface area contributed by atoms with Crippen LogP contribution in [0.3, 0.4) is 0 Å². The molecule has 1 N–H and O–H groups in total. The molecule has 0 saturated heterocycles. The van der Waals surface area contributed by atoms with Gasteiger partial charge in [-0.25, -0.2) is 0 Å². The van der Waals surface area contributed by atoms with Crippen LogP contribution in [0.1, 0.15) is 12.5 Å². The number of para-hydroxylation sites is 1. The van der Waals surface area contributed by atoms with Crippen molar-refractivity contribution in [2.45, 2.75) is 6.92 Å². The van der Waals surface area contributed by atoms with Gasteiger partial charge in [-0.1, -0.05) is 12.1 Å². The second kappa shape index (κ2) is 9.23. The third-order valence-electron chi connectivity index (χ3n) is 2.21. The molecule has 0 heterocycles. The van der Waals surface area contributed by atoms with Crippen LogP contribution in [0.5, 0.6) is 5.75 Å². The van der Waals surface area contributed by atoms with Gasteiger partial charge in [-0.15, -0.1) is 11.6 Å².